The predicted molar refractivity (Wildman–Crippen MR) is 78.9 cm³/mol. The highest BCUT2D eigenvalue weighted by molar-refractivity contribution is 5.82. The van der Waals surface area contributed by atoms with Gasteiger partial charge in [-0.25, -0.2) is 0 Å². The van der Waals surface area contributed by atoms with Crippen LogP contribution in [0.25, 0.3) is 0 Å². The quantitative estimate of drug-likeness (QED) is 0.819. The van der Waals surface area contributed by atoms with E-state index in [0.717, 1.165) is 11.1 Å². The molecule has 2 rings (SSSR count). The van der Waals surface area contributed by atoms with Gasteiger partial charge in [-0.2, -0.15) is 0 Å². The number of methoxy groups -OCH3 is 1. The molecule has 0 heterocycles. The number of nitrogen functional groups attached to an aromatic ring is 1. The molecule has 104 valence electrons. The van der Waals surface area contributed by atoms with Crippen molar-refractivity contribution in [3.05, 3.63) is 65.7 Å². The Labute approximate surface area is 118 Å². The highest BCUT2D eigenvalue weighted by Gasteiger charge is 2.19. The van der Waals surface area contributed by atoms with E-state index in [2.05, 4.69) is 5.32 Å². The number of benzene rings is 2. The molecule has 1 unspecified atom stereocenters. The van der Waals surface area contributed by atoms with Crippen molar-refractivity contribution in [3.8, 4) is 0 Å². The Kier molecular flexibility index (Phi) is 4.74. The summed E-state index contributed by atoms with van der Waals surface area (Å²) in [6.45, 7) is 0.450. The zero-order chi connectivity index (χ0) is 14.4. The van der Waals surface area contributed by atoms with Gasteiger partial charge in [0.15, 0.2) is 6.10 Å². The average Bonchev–Trinajstić information content (AvgIpc) is 2.48. The van der Waals surface area contributed by atoms with E-state index in [-0.39, 0.29) is 5.91 Å². The molecule has 0 saturated carbocycles. The molecule has 0 bridgehead atoms. The topological polar surface area (TPSA) is 64.3 Å². The van der Waals surface area contributed by atoms with Crippen molar-refractivity contribution in [1.82, 2.24) is 5.32 Å². The number of carbonyl (C=O) groups excluding carboxylic acids is 1. The Bertz CT molecular complexity index is 552. The lowest BCUT2D eigenvalue weighted by Gasteiger charge is -2.15. The molecule has 0 radical (unpaired) electrons. The number of rotatable bonds is 5. The Morgan fingerprint density at radius 3 is 2.40 bits per heavy atom. The van der Waals surface area contributed by atoms with E-state index in [9.17, 15) is 4.79 Å². The zero-order valence-corrected chi connectivity index (χ0v) is 11.4. The Morgan fingerprint density at radius 2 is 1.80 bits per heavy atom. The van der Waals surface area contributed by atoms with Crippen molar-refractivity contribution >= 4 is 11.6 Å². The first-order valence-electron chi connectivity index (χ1n) is 6.40. The van der Waals surface area contributed by atoms with Gasteiger partial charge < -0.3 is 15.8 Å². The van der Waals surface area contributed by atoms with Crippen LogP contribution in [0.2, 0.25) is 0 Å². The van der Waals surface area contributed by atoms with Crippen LogP contribution in [-0.4, -0.2) is 13.0 Å². The summed E-state index contributed by atoms with van der Waals surface area (Å²) in [6.07, 6.45) is -0.593. The number of hydrogen-bond donors (Lipinski definition) is 2. The van der Waals surface area contributed by atoms with E-state index >= 15 is 0 Å². The van der Waals surface area contributed by atoms with Gasteiger partial charge in [-0.15, -0.1) is 0 Å². The van der Waals surface area contributed by atoms with Crippen molar-refractivity contribution in [2.45, 2.75) is 12.6 Å². The maximum atomic E-state index is 12.2. The van der Waals surface area contributed by atoms with Crippen LogP contribution in [0.3, 0.4) is 0 Å². The van der Waals surface area contributed by atoms with E-state index in [1.54, 1.807) is 0 Å². The van der Waals surface area contributed by atoms with Crippen LogP contribution in [0.1, 0.15) is 17.2 Å². The van der Waals surface area contributed by atoms with Gasteiger partial charge in [0.25, 0.3) is 5.91 Å². The van der Waals surface area contributed by atoms with Crippen molar-refractivity contribution in [2.75, 3.05) is 12.8 Å². The highest BCUT2D eigenvalue weighted by atomic mass is 16.5. The second-order valence-electron chi connectivity index (χ2n) is 4.49. The monoisotopic (exact) mass is 270 g/mol. The number of carbonyl (C=O) groups is 1. The summed E-state index contributed by atoms with van der Waals surface area (Å²) < 4.78 is 5.27. The number of nitrogens with two attached hydrogens (primary N) is 1. The third-order valence-corrected chi connectivity index (χ3v) is 3.02. The molecule has 0 saturated heterocycles. The van der Waals surface area contributed by atoms with Gasteiger partial charge in [0.2, 0.25) is 0 Å². The first-order valence-corrected chi connectivity index (χ1v) is 6.40. The van der Waals surface area contributed by atoms with Crippen LogP contribution in [0.5, 0.6) is 0 Å². The first kappa shape index (κ1) is 14.1. The maximum Gasteiger partial charge on any atom is 0.254 e. The normalized spacial score (nSPS) is 11.8. The molecule has 2 aromatic carbocycles. The van der Waals surface area contributed by atoms with Gasteiger partial charge in [-0.3, -0.25) is 4.79 Å². The minimum atomic E-state index is -0.593. The summed E-state index contributed by atoms with van der Waals surface area (Å²) in [6, 6.07) is 16.8. The molecule has 3 N–H and O–H groups in total. The van der Waals surface area contributed by atoms with Crippen LogP contribution in [-0.2, 0) is 16.1 Å². The minimum Gasteiger partial charge on any atom is -0.399 e. The molecule has 0 aliphatic heterocycles. The molecular weight excluding hydrogens is 252 g/mol. The van der Waals surface area contributed by atoms with Gasteiger partial charge in [0, 0.05) is 19.3 Å². The van der Waals surface area contributed by atoms with Crippen LogP contribution in [0, 0.1) is 0 Å². The second kappa shape index (κ2) is 6.73. The molecule has 1 amide bonds. The van der Waals surface area contributed by atoms with Crippen LogP contribution < -0.4 is 11.1 Å². The van der Waals surface area contributed by atoms with E-state index in [1.165, 1.54) is 7.11 Å². The second-order valence-corrected chi connectivity index (χ2v) is 4.49. The van der Waals surface area contributed by atoms with Gasteiger partial charge in [-0.05, 0) is 23.3 Å². The standard InChI is InChI=1S/C16H18N2O2/c1-20-15(13-5-3-2-4-6-13)16(19)18-11-12-7-9-14(17)10-8-12/h2-10,15H,11,17H2,1H3,(H,18,19). The fourth-order valence-corrected chi connectivity index (χ4v) is 1.94. The molecule has 0 aliphatic rings. The van der Waals surface area contributed by atoms with Crippen molar-refractivity contribution in [1.29, 1.82) is 0 Å². The lowest BCUT2D eigenvalue weighted by molar-refractivity contribution is -0.131. The summed E-state index contributed by atoms with van der Waals surface area (Å²) in [4.78, 5) is 12.2. The van der Waals surface area contributed by atoms with Crippen molar-refractivity contribution < 1.29 is 9.53 Å². The lowest BCUT2D eigenvalue weighted by atomic mass is 10.1. The van der Waals surface area contributed by atoms with Gasteiger partial charge in [-0.1, -0.05) is 42.5 Å². The van der Waals surface area contributed by atoms with E-state index in [0.29, 0.717) is 12.2 Å². The summed E-state index contributed by atoms with van der Waals surface area (Å²) in [5, 5.41) is 2.86. The Balaban J connectivity index is 1.98. The van der Waals surface area contributed by atoms with Crippen LogP contribution in [0.4, 0.5) is 5.69 Å². The van der Waals surface area contributed by atoms with Crippen molar-refractivity contribution in [3.63, 3.8) is 0 Å². The molecular formula is C16H18N2O2. The molecule has 0 fully saturated rings. The number of hydrogen-bond acceptors (Lipinski definition) is 3. The van der Waals surface area contributed by atoms with Gasteiger partial charge >= 0.3 is 0 Å². The summed E-state index contributed by atoms with van der Waals surface area (Å²) in [5.41, 5.74) is 8.16. The van der Waals surface area contributed by atoms with E-state index in [4.69, 9.17) is 10.5 Å². The van der Waals surface area contributed by atoms with Gasteiger partial charge in [0.1, 0.15) is 0 Å². The number of ether oxygens (including phenoxy) is 1. The summed E-state index contributed by atoms with van der Waals surface area (Å²) in [5.74, 6) is -0.157. The van der Waals surface area contributed by atoms with E-state index in [1.807, 2.05) is 54.6 Å². The van der Waals surface area contributed by atoms with Crippen molar-refractivity contribution in [2.24, 2.45) is 0 Å². The highest BCUT2D eigenvalue weighted by Crippen LogP contribution is 2.16. The molecule has 2 aromatic rings. The van der Waals surface area contributed by atoms with E-state index < -0.39 is 6.10 Å². The fraction of sp³-hybridized carbons (Fsp3) is 0.188. The summed E-state index contributed by atoms with van der Waals surface area (Å²) in [7, 11) is 1.53. The lowest BCUT2D eigenvalue weighted by Crippen LogP contribution is -2.29. The third-order valence-electron chi connectivity index (χ3n) is 3.02. The average molecular weight is 270 g/mol. The predicted octanol–water partition coefficient (Wildman–Crippen LogP) is 2.27. The molecule has 20 heavy (non-hydrogen) atoms. The largest absolute Gasteiger partial charge is 0.399 e. The van der Waals surface area contributed by atoms with Crippen LogP contribution >= 0.6 is 0 Å². The Hall–Kier alpha value is -2.33. The SMILES string of the molecule is COC(C(=O)NCc1ccc(N)cc1)c1ccccc1. The third kappa shape index (κ3) is 3.59. The maximum absolute atomic E-state index is 12.2. The van der Waals surface area contributed by atoms with Crippen LogP contribution in [0.15, 0.2) is 54.6 Å². The first-order chi connectivity index (χ1) is 9.70. The molecule has 1 atom stereocenters. The Morgan fingerprint density at radius 1 is 1.15 bits per heavy atom. The molecule has 0 aliphatic carbocycles. The minimum absolute atomic E-state index is 0.157. The van der Waals surface area contributed by atoms with Gasteiger partial charge in [0.05, 0.1) is 0 Å². The number of nitrogens with one attached hydrogen (secondary N) is 1. The molecule has 4 nitrogen and oxygen atoms in total. The fourth-order valence-electron chi connectivity index (χ4n) is 1.94. The molecule has 0 aromatic heterocycles. The molecule has 4 heteroatoms. The molecule has 0 spiro atoms. The number of amides is 1. The summed E-state index contributed by atoms with van der Waals surface area (Å²) >= 11 is 0. The number of anilines is 1. The zero-order valence-electron chi connectivity index (χ0n) is 11.4. The smallest absolute Gasteiger partial charge is 0.254 e.